The average molecular weight is 411 g/mol. The summed E-state index contributed by atoms with van der Waals surface area (Å²) >= 11 is 0. The topological polar surface area (TPSA) is 116 Å². The number of hydrogen-bond donors (Lipinski definition) is 1. The van der Waals surface area contributed by atoms with Crippen LogP contribution in [0.25, 0.3) is 5.69 Å². The number of aromatic nitrogens is 1. The van der Waals surface area contributed by atoms with Crippen molar-refractivity contribution >= 4 is 29.3 Å². The lowest BCUT2D eigenvalue weighted by Crippen LogP contribution is -2.31. The Morgan fingerprint density at radius 2 is 1.80 bits per heavy atom. The van der Waals surface area contributed by atoms with Crippen molar-refractivity contribution in [3.05, 3.63) is 52.8 Å². The Labute approximate surface area is 172 Å². The third kappa shape index (κ3) is 4.29. The predicted molar refractivity (Wildman–Crippen MR) is 107 cm³/mol. The zero-order chi connectivity index (χ0) is 21.8. The van der Waals surface area contributed by atoms with Gasteiger partial charge in [0.15, 0.2) is 6.61 Å². The Morgan fingerprint density at radius 3 is 2.40 bits per heavy atom. The molecule has 0 unspecified atom stereocenters. The summed E-state index contributed by atoms with van der Waals surface area (Å²) in [5.41, 5.74) is 5.42. The van der Waals surface area contributed by atoms with E-state index in [1.165, 1.54) is 7.11 Å². The first-order valence-electron chi connectivity index (χ1n) is 9.25. The van der Waals surface area contributed by atoms with Gasteiger partial charge in [0.25, 0.3) is 0 Å². The number of amides is 1. The molecule has 2 heterocycles. The van der Waals surface area contributed by atoms with Gasteiger partial charge in [-0.25, -0.2) is 15.0 Å². The normalized spacial score (nSPS) is 13.3. The van der Waals surface area contributed by atoms with Crippen molar-refractivity contribution in [2.24, 2.45) is 5.10 Å². The average Bonchev–Trinajstić information content (AvgIpc) is 3.05. The van der Waals surface area contributed by atoms with Crippen LogP contribution in [-0.2, 0) is 19.1 Å². The van der Waals surface area contributed by atoms with Crippen LogP contribution in [0.2, 0.25) is 0 Å². The number of carbonyl (C=O) groups is 4. The molecule has 0 spiro atoms. The largest absolute Gasteiger partial charge is 0.465 e. The molecule has 1 aliphatic rings. The molecule has 1 aliphatic heterocycles. The minimum Gasteiger partial charge on any atom is -0.465 e. The molecule has 0 atom stereocenters. The number of carbonyl (C=O) groups excluding carboxylic acids is 4. The first-order valence-corrected chi connectivity index (χ1v) is 9.25. The number of hydrazone groups is 1. The van der Waals surface area contributed by atoms with Crippen molar-refractivity contribution in [3.8, 4) is 5.69 Å². The third-order valence-corrected chi connectivity index (χ3v) is 4.75. The highest BCUT2D eigenvalue weighted by Gasteiger charge is 2.22. The number of ketones is 1. The van der Waals surface area contributed by atoms with Gasteiger partial charge < -0.3 is 14.0 Å². The highest BCUT2D eigenvalue weighted by atomic mass is 16.5. The van der Waals surface area contributed by atoms with Gasteiger partial charge in [-0.05, 0) is 44.2 Å². The molecule has 1 N–H and O–H groups in total. The zero-order valence-corrected chi connectivity index (χ0v) is 16.9. The van der Waals surface area contributed by atoms with E-state index >= 15 is 0 Å². The first-order chi connectivity index (χ1) is 14.3. The van der Waals surface area contributed by atoms with E-state index in [1.807, 2.05) is 11.5 Å². The Kier molecular flexibility index (Phi) is 6.10. The molecule has 2 aromatic rings. The molecule has 30 heavy (non-hydrogen) atoms. The number of methoxy groups -OCH3 is 1. The van der Waals surface area contributed by atoms with Crippen LogP contribution >= 0.6 is 0 Å². The van der Waals surface area contributed by atoms with E-state index in [1.54, 1.807) is 37.3 Å². The van der Waals surface area contributed by atoms with E-state index in [0.29, 0.717) is 16.8 Å². The van der Waals surface area contributed by atoms with E-state index in [0.717, 1.165) is 11.4 Å². The van der Waals surface area contributed by atoms with E-state index < -0.39 is 18.5 Å². The number of esters is 2. The second-order valence-corrected chi connectivity index (χ2v) is 6.75. The van der Waals surface area contributed by atoms with Crippen LogP contribution in [0.4, 0.5) is 0 Å². The van der Waals surface area contributed by atoms with Crippen molar-refractivity contribution in [3.63, 3.8) is 0 Å². The maximum Gasteiger partial charge on any atom is 0.354 e. The van der Waals surface area contributed by atoms with Crippen LogP contribution < -0.4 is 5.43 Å². The number of nitrogens with zero attached hydrogens (tertiary/aromatic N) is 2. The lowest BCUT2D eigenvalue weighted by atomic mass is 10.1. The Balaban J connectivity index is 1.73. The lowest BCUT2D eigenvalue weighted by molar-refractivity contribution is -0.134. The summed E-state index contributed by atoms with van der Waals surface area (Å²) in [6.07, 6.45) is 0.326. The predicted octanol–water partition coefficient (Wildman–Crippen LogP) is 1.87. The molecule has 0 saturated heterocycles. The molecule has 0 saturated carbocycles. The smallest absolute Gasteiger partial charge is 0.354 e. The summed E-state index contributed by atoms with van der Waals surface area (Å²) in [7, 11) is 1.32. The number of benzene rings is 1. The summed E-state index contributed by atoms with van der Waals surface area (Å²) in [6.45, 7) is 3.21. The third-order valence-electron chi connectivity index (χ3n) is 4.75. The van der Waals surface area contributed by atoms with E-state index in [4.69, 9.17) is 9.47 Å². The minimum absolute atomic E-state index is 0.0820. The SMILES string of the molecule is COC(=O)c1ccc(-n2c(C)cc(C(=O)COC(=O)C3=NNC(=O)CC3)c2C)cc1. The van der Waals surface area contributed by atoms with Gasteiger partial charge in [-0.1, -0.05) is 0 Å². The van der Waals surface area contributed by atoms with Crippen molar-refractivity contribution in [2.45, 2.75) is 26.7 Å². The summed E-state index contributed by atoms with van der Waals surface area (Å²) in [5, 5.41) is 3.66. The number of hydrogen-bond acceptors (Lipinski definition) is 7. The molecule has 3 rings (SSSR count). The van der Waals surface area contributed by atoms with Crippen LogP contribution in [-0.4, -0.2) is 47.6 Å². The van der Waals surface area contributed by atoms with Crippen molar-refractivity contribution in [1.29, 1.82) is 0 Å². The number of aryl methyl sites for hydroxylation is 1. The Bertz CT molecular complexity index is 1050. The molecule has 0 fully saturated rings. The van der Waals surface area contributed by atoms with Crippen LogP contribution in [0.3, 0.4) is 0 Å². The molecule has 0 radical (unpaired) electrons. The van der Waals surface area contributed by atoms with E-state index in [-0.39, 0.29) is 30.2 Å². The first kappa shape index (κ1) is 21.0. The van der Waals surface area contributed by atoms with Gasteiger partial charge in [-0.3, -0.25) is 9.59 Å². The molecular formula is C21H21N3O6. The van der Waals surface area contributed by atoms with E-state index in [2.05, 4.69) is 10.5 Å². The molecule has 0 bridgehead atoms. The van der Waals surface area contributed by atoms with Gasteiger partial charge in [0.1, 0.15) is 5.71 Å². The number of rotatable bonds is 6. The fraction of sp³-hybridized carbons (Fsp3) is 0.286. The fourth-order valence-electron chi connectivity index (χ4n) is 3.22. The van der Waals surface area contributed by atoms with Crippen molar-refractivity contribution < 1.29 is 28.7 Å². The monoisotopic (exact) mass is 411 g/mol. The Hall–Kier alpha value is -3.75. The second kappa shape index (κ2) is 8.73. The van der Waals surface area contributed by atoms with Gasteiger partial charge in [0.2, 0.25) is 11.7 Å². The minimum atomic E-state index is -0.726. The molecule has 1 aromatic carbocycles. The summed E-state index contributed by atoms with van der Waals surface area (Å²) < 4.78 is 11.6. The summed E-state index contributed by atoms with van der Waals surface area (Å²) in [6, 6.07) is 8.53. The van der Waals surface area contributed by atoms with Crippen molar-refractivity contribution in [1.82, 2.24) is 9.99 Å². The van der Waals surface area contributed by atoms with Crippen LogP contribution in [0, 0.1) is 13.8 Å². The molecular weight excluding hydrogens is 390 g/mol. The van der Waals surface area contributed by atoms with Gasteiger partial charge in [0, 0.05) is 35.5 Å². The van der Waals surface area contributed by atoms with Gasteiger partial charge in [-0.2, -0.15) is 5.10 Å². The molecule has 1 aromatic heterocycles. The van der Waals surface area contributed by atoms with Crippen LogP contribution in [0.5, 0.6) is 0 Å². The standard InChI is InChI=1S/C21H21N3O6/c1-12-10-16(18(25)11-30-21(28)17-8-9-19(26)23-22-17)13(2)24(12)15-6-4-14(5-7-15)20(27)29-3/h4-7,10H,8-9,11H2,1-3H3,(H,23,26). The quantitative estimate of drug-likeness (QED) is 0.573. The van der Waals surface area contributed by atoms with Crippen LogP contribution in [0.1, 0.15) is 44.9 Å². The van der Waals surface area contributed by atoms with E-state index in [9.17, 15) is 19.2 Å². The fourth-order valence-corrected chi connectivity index (χ4v) is 3.22. The Morgan fingerprint density at radius 1 is 1.10 bits per heavy atom. The van der Waals surface area contributed by atoms with Gasteiger partial charge >= 0.3 is 11.9 Å². The van der Waals surface area contributed by atoms with Crippen LogP contribution in [0.15, 0.2) is 35.4 Å². The van der Waals surface area contributed by atoms with Crippen molar-refractivity contribution in [2.75, 3.05) is 13.7 Å². The molecule has 0 aliphatic carbocycles. The molecule has 9 heteroatoms. The molecule has 9 nitrogen and oxygen atoms in total. The highest BCUT2D eigenvalue weighted by molar-refractivity contribution is 6.37. The summed E-state index contributed by atoms with van der Waals surface area (Å²) in [5.74, 6) is -1.78. The zero-order valence-electron chi connectivity index (χ0n) is 16.9. The number of Topliss-reactive ketones (excluding diaryl/α,β-unsaturated/α-hetero) is 1. The second-order valence-electron chi connectivity index (χ2n) is 6.75. The molecule has 156 valence electrons. The highest BCUT2D eigenvalue weighted by Crippen LogP contribution is 2.22. The number of ether oxygens (including phenoxy) is 2. The van der Waals surface area contributed by atoms with Gasteiger partial charge in [-0.15, -0.1) is 0 Å². The summed E-state index contributed by atoms with van der Waals surface area (Å²) in [4.78, 5) is 47.3. The van der Waals surface area contributed by atoms with Gasteiger partial charge in [0.05, 0.1) is 12.7 Å². The maximum absolute atomic E-state index is 12.6. The number of nitrogens with one attached hydrogen (secondary N) is 1. The molecule has 1 amide bonds. The maximum atomic E-state index is 12.6. The lowest BCUT2D eigenvalue weighted by Gasteiger charge is -2.12.